The summed E-state index contributed by atoms with van der Waals surface area (Å²) in [5.41, 5.74) is 3.96. The summed E-state index contributed by atoms with van der Waals surface area (Å²) in [7, 11) is 0. The maximum Gasteiger partial charge on any atom is 0.274 e. The zero-order chi connectivity index (χ0) is 14.7. The summed E-state index contributed by atoms with van der Waals surface area (Å²) in [6, 6.07) is 15.6. The SMILES string of the molecule is Cc1occc1C(=O)N/N=C\c1cccc2ccccc12. The van der Waals surface area contributed by atoms with Gasteiger partial charge in [-0.15, -0.1) is 0 Å². The van der Waals surface area contributed by atoms with Gasteiger partial charge in [-0.1, -0.05) is 42.5 Å². The van der Waals surface area contributed by atoms with Gasteiger partial charge in [0.1, 0.15) is 5.76 Å². The number of carbonyl (C=O) groups excluding carboxylic acids is 1. The van der Waals surface area contributed by atoms with Crippen molar-refractivity contribution < 1.29 is 9.21 Å². The maximum atomic E-state index is 11.9. The predicted octanol–water partition coefficient (Wildman–Crippen LogP) is 3.51. The second-order valence-corrected chi connectivity index (χ2v) is 4.66. The Hall–Kier alpha value is -2.88. The molecule has 0 spiro atoms. The van der Waals surface area contributed by atoms with E-state index in [1.165, 1.54) is 6.26 Å². The van der Waals surface area contributed by atoms with Gasteiger partial charge < -0.3 is 4.42 Å². The number of furan rings is 1. The molecule has 1 amide bonds. The van der Waals surface area contributed by atoms with Crippen molar-refractivity contribution in [2.24, 2.45) is 5.10 Å². The van der Waals surface area contributed by atoms with Crippen LogP contribution in [0.3, 0.4) is 0 Å². The number of nitrogens with one attached hydrogen (secondary N) is 1. The Labute approximate surface area is 122 Å². The molecule has 0 fully saturated rings. The molecule has 0 saturated carbocycles. The average molecular weight is 278 g/mol. The van der Waals surface area contributed by atoms with Crippen molar-refractivity contribution in [3.63, 3.8) is 0 Å². The van der Waals surface area contributed by atoms with Crippen LogP contribution in [0.4, 0.5) is 0 Å². The van der Waals surface area contributed by atoms with Gasteiger partial charge in [0.25, 0.3) is 5.91 Å². The molecule has 0 bridgehead atoms. The standard InChI is InChI=1S/C17H14N2O2/c1-12-15(9-10-21-12)17(20)19-18-11-14-7-4-6-13-5-2-3-8-16(13)14/h2-11H,1H3,(H,19,20)/b18-11-. The third kappa shape index (κ3) is 2.69. The smallest absolute Gasteiger partial charge is 0.274 e. The summed E-state index contributed by atoms with van der Waals surface area (Å²) < 4.78 is 5.10. The molecule has 3 aromatic rings. The molecule has 0 atom stereocenters. The van der Waals surface area contributed by atoms with Crippen LogP contribution in [0, 0.1) is 6.92 Å². The van der Waals surface area contributed by atoms with Crippen molar-refractivity contribution in [3.8, 4) is 0 Å². The Bertz CT molecular complexity index is 813. The fourth-order valence-electron chi connectivity index (χ4n) is 2.20. The highest BCUT2D eigenvalue weighted by Crippen LogP contribution is 2.16. The molecule has 21 heavy (non-hydrogen) atoms. The molecule has 2 aromatic carbocycles. The lowest BCUT2D eigenvalue weighted by Gasteiger charge is -2.01. The van der Waals surface area contributed by atoms with Crippen molar-refractivity contribution in [1.29, 1.82) is 0 Å². The number of hydrogen-bond acceptors (Lipinski definition) is 3. The Morgan fingerprint density at radius 3 is 2.76 bits per heavy atom. The number of hydrazone groups is 1. The van der Waals surface area contributed by atoms with Gasteiger partial charge in [-0.2, -0.15) is 5.10 Å². The van der Waals surface area contributed by atoms with Crippen LogP contribution in [0.2, 0.25) is 0 Å². The highest BCUT2D eigenvalue weighted by Gasteiger charge is 2.09. The quantitative estimate of drug-likeness (QED) is 0.589. The summed E-state index contributed by atoms with van der Waals surface area (Å²) in [5, 5.41) is 6.25. The molecular weight excluding hydrogens is 264 g/mol. The molecule has 4 heteroatoms. The van der Waals surface area contributed by atoms with Crippen LogP contribution in [0.15, 0.2) is 64.3 Å². The molecule has 0 saturated heterocycles. The highest BCUT2D eigenvalue weighted by molar-refractivity contribution is 6.00. The third-order valence-corrected chi connectivity index (χ3v) is 3.30. The van der Waals surface area contributed by atoms with E-state index in [1.54, 1.807) is 19.2 Å². The molecule has 104 valence electrons. The number of nitrogens with zero attached hydrogens (tertiary/aromatic N) is 1. The minimum Gasteiger partial charge on any atom is -0.469 e. The highest BCUT2D eigenvalue weighted by atomic mass is 16.3. The first-order valence-electron chi connectivity index (χ1n) is 6.61. The molecule has 1 aromatic heterocycles. The zero-order valence-corrected chi connectivity index (χ0v) is 11.5. The van der Waals surface area contributed by atoms with E-state index in [4.69, 9.17) is 4.42 Å². The molecule has 0 aliphatic rings. The van der Waals surface area contributed by atoms with Gasteiger partial charge in [0.05, 0.1) is 18.0 Å². The molecule has 0 radical (unpaired) electrons. The van der Waals surface area contributed by atoms with E-state index in [0.717, 1.165) is 16.3 Å². The number of aryl methyl sites for hydroxylation is 1. The summed E-state index contributed by atoms with van der Waals surface area (Å²) in [5.74, 6) is 0.297. The van der Waals surface area contributed by atoms with E-state index in [1.807, 2.05) is 42.5 Å². The van der Waals surface area contributed by atoms with Crippen LogP contribution < -0.4 is 5.43 Å². The Morgan fingerprint density at radius 2 is 1.95 bits per heavy atom. The Kier molecular flexibility index (Phi) is 3.51. The number of carbonyl (C=O) groups is 1. The molecule has 0 unspecified atom stereocenters. The zero-order valence-electron chi connectivity index (χ0n) is 11.5. The molecule has 3 rings (SSSR count). The third-order valence-electron chi connectivity index (χ3n) is 3.30. The molecule has 4 nitrogen and oxygen atoms in total. The summed E-state index contributed by atoms with van der Waals surface area (Å²) in [6.45, 7) is 1.74. The van der Waals surface area contributed by atoms with Crippen LogP contribution in [0.5, 0.6) is 0 Å². The lowest BCUT2D eigenvalue weighted by Crippen LogP contribution is -2.17. The van der Waals surface area contributed by atoms with Crippen LogP contribution >= 0.6 is 0 Å². The molecule has 1 heterocycles. The molecule has 0 aliphatic carbocycles. The van der Waals surface area contributed by atoms with Crippen LogP contribution in [-0.4, -0.2) is 12.1 Å². The van der Waals surface area contributed by atoms with E-state index < -0.39 is 0 Å². The van der Waals surface area contributed by atoms with E-state index in [-0.39, 0.29) is 5.91 Å². The monoisotopic (exact) mass is 278 g/mol. The minimum atomic E-state index is -0.280. The molecular formula is C17H14N2O2. The minimum absolute atomic E-state index is 0.280. The van der Waals surface area contributed by atoms with Crippen LogP contribution in [0.25, 0.3) is 10.8 Å². The molecule has 1 N–H and O–H groups in total. The number of fused-ring (bicyclic) bond motifs is 1. The van der Waals surface area contributed by atoms with Gasteiger partial charge in [0.2, 0.25) is 0 Å². The summed E-state index contributed by atoms with van der Waals surface area (Å²) >= 11 is 0. The Balaban J connectivity index is 1.80. The summed E-state index contributed by atoms with van der Waals surface area (Å²) in [6.07, 6.45) is 3.13. The van der Waals surface area contributed by atoms with Crippen molar-refractivity contribution in [2.75, 3.05) is 0 Å². The fraction of sp³-hybridized carbons (Fsp3) is 0.0588. The van der Waals surface area contributed by atoms with E-state index in [0.29, 0.717) is 11.3 Å². The fourth-order valence-corrected chi connectivity index (χ4v) is 2.20. The normalized spacial score (nSPS) is 11.1. The van der Waals surface area contributed by atoms with Crippen molar-refractivity contribution in [1.82, 2.24) is 5.43 Å². The van der Waals surface area contributed by atoms with Crippen LogP contribution in [0.1, 0.15) is 21.7 Å². The van der Waals surface area contributed by atoms with Gasteiger partial charge in [0.15, 0.2) is 0 Å². The largest absolute Gasteiger partial charge is 0.469 e. The van der Waals surface area contributed by atoms with Gasteiger partial charge in [-0.25, -0.2) is 5.43 Å². The van der Waals surface area contributed by atoms with E-state index >= 15 is 0 Å². The van der Waals surface area contributed by atoms with E-state index in [9.17, 15) is 4.79 Å². The topological polar surface area (TPSA) is 54.6 Å². The number of benzene rings is 2. The Morgan fingerprint density at radius 1 is 1.14 bits per heavy atom. The first kappa shape index (κ1) is 13.1. The average Bonchev–Trinajstić information content (AvgIpc) is 2.93. The van der Waals surface area contributed by atoms with E-state index in [2.05, 4.69) is 10.5 Å². The van der Waals surface area contributed by atoms with Crippen molar-refractivity contribution >= 4 is 22.9 Å². The number of hydrogen-bond donors (Lipinski definition) is 1. The van der Waals surface area contributed by atoms with Crippen molar-refractivity contribution in [3.05, 3.63) is 71.7 Å². The number of amides is 1. The van der Waals surface area contributed by atoms with Gasteiger partial charge in [-0.3, -0.25) is 4.79 Å². The summed E-state index contributed by atoms with van der Waals surface area (Å²) in [4.78, 5) is 11.9. The number of rotatable bonds is 3. The second kappa shape index (κ2) is 5.63. The lowest BCUT2D eigenvalue weighted by atomic mass is 10.1. The second-order valence-electron chi connectivity index (χ2n) is 4.66. The first-order chi connectivity index (χ1) is 10.3. The van der Waals surface area contributed by atoms with Crippen molar-refractivity contribution in [2.45, 2.75) is 6.92 Å². The first-order valence-corrected chi connectivity index (χ1v) is 6.61. The van der Waals surface area contributed by atoms with Gasteiger partial charge in [0, 0.05) is 5.56 Å². The van der Waals surface area contributed by atoms with Gasteiger partial charge >= 0.3 is 0 Å². The molecule has 0 aliphatic heterocycles. The lowest BCUT2D eigenvalue weighted by molar-refractivity contribution is 0.0953. The van der Waals surface area contributed by atoms with Gasteiger partial charge in [-0.05, 0) is 23.8 Å². The maximum absolute atomic E-state index is 11.9. The predicted molar refractivity (Wildman–Crippen MR) is 82.5 cm³/mol. The van der Waals surface area contributed by atoms with Crippen LogP contribution in [-0.2, 0) is 0 Å².